The van der Waals surface area contributed by atoms with Gasteiger partial charge in [-0.1, -0.05) is 41.7 Å². The Morgan fingerprint density at radius 2 is 2.11 bits per heavy atom. The van der Waals surface area contributed by atoms with E-state index in [4.69, 9.17) is 4.74 Å². The molecule has 3 aromatic rings. The molecule has 0 N–H and O–H groups in total. The highest BCUT2D eigenvalue weighted by Gasteiger charge is 2.25. The molecule has 1 saturated heterocycles. The Morgan fingerprint density at radius 1 is 1.29 bits per heavy atom. The van der Waals surface area contributed by atoms with Crippen LogP contribution in [0.15, 0.2) is 48.5 Å². The summed E-state index contributed by atoms with van der Waals surface area (Å²) in [6.07, 6.45) is 4.88. The SMILES string of the molecule is O=C(/C=C/c1ccccc1)N(CC1CCCO1)c1nc2c(F)cc(F)cc2s1. The maximum Gasteiger partial charge on any atom is 0.252 e. The van der Waals surface area contributed by atoms with Crippen LogP contribution in [0, 0.1) is 11.6 Å². The minimum absolute atomic E-state index is 0.0681. The van der Waals surface area contributed by atoms with E-state index in [2.05, 4.69) is 4.98 Å². The van der Waals surface area contributed by atoms with Crippen LogP contribution in [0.5, 0.6) is 0 Å². The molecule has 1 aliphatic heterocycles. The van der Waals surface area contributed by atoms with Crippen molar-refractivity contribution in [2.24, 2.45) is 0 Å². The lowest BCUT2D eigenvalue weighted by Crippen LogP contribution is -2.36. The highest BCUT2D eigenvalue weighted by Crippen LogP contribution is 2.32. The Kier molecular flexibility index (Phi) is 5.45. The van der Waals surface area contributed by atoms with E-state index in [-0.39, 0.29) is 17.5 Å². The van der Waals surface area contributed by atoms with Crippen LogP contribution in [0.4, 0.5) is 13.9 Å². The van der Waals surface area contributed by atoms with Gasteiger partial charge in [0.25, 0.3) is 5.91 Å². The molecule has 2 heterocycles. The largest absolute Gasteiger partial charge is 0.376 e. The molecule has 0 spiro atoms. The predicted octanol–water partition coefficient (Wildman–Crippen LogP) is 4.80. The van der Waals surface area contributed by atoms with Crippen LogP contribution in [0.3, 0.4) is 0 Å². The summed E-state index contributed by atoms with van der Waals surface area (Å²) in [6.45, 7) is 0.980. The summed E-state index contributed by atoms with van der Waals surface area (Å²) in [6, 6.07) is 11.5. The molecule has 4 rings (SSSR count). The number of nitrogens with zero attached hydrogens (tertiary/aromatic N) is 2. The van der Waals surface area contributed by atoms with Gasteiger partial charge in [-0.2, -0.15) is 0 Å². The fourth-order valence-corrected chi connectivity index (χ4v) is 4.16. The zero-order chi connectivity index (χ0) is 19.5. The van der Waals surface area contributed by atoms with Crippen LogP contribution in [0.1, 0.15) is 18.4 Å². The fourth-order valence-electron chi connectivity index (χ4n) is 3.14. The van der Waals surface area contributed by atoms with Crippen molar-refractivity contribution >= 4 is 38.7 Å². The van der Waals surface area contributed by atoms with Crippen molar-refractivity contribution in [1.29, 1.82) is 0 Å². The van der Waals surface area contributed by atoms with Crippen LogP contribution in [-0.4, -0.2) is 30.1 Å². The molecule has 1 amide bonds. The van der Waals surface area contributed by atoms with Crippen LogP contribution >= 0.6 is 11.3 Å². The van der Waals surface area contributed by atoms with Crippen LogP contribution in [0.25, 0.3) is 16.3 Å². The predicted molar refractivity (Wildman–Crippen MR) is 106 cm³/mol. The second-order valence-electron chi connectivity index (χ2n) is 6.56. The van der Waals surface area contributed by atoms with Crippen molar-refractivity contribution in [3.63, 3.8) is 0 Å². The zero-order valence-corrected chi connectivity index (χ0v) is 15.8. The Labute approximate surface area is 165 Å². The van der Waals surface area contributed by atoms with E-state index in [0.717, 1.165) is 35.8 Å². The number of hydrogen-bond donors (Lipinski definition) is 0. The Balaban J connectivity index is 1.65. The number of halogens is 2. The molecule has 0 bridgehead atoms. The van der Waals surface area contributed by atoms with Gasteiger partial charge in [-0.3, -0.25) is 9.69 Å². The third-order valence-electron chi connectivity index (χ3n) is 4.53. The standard InChI is InChI=1S/C21H18F2N2O2S/c22-15-11-17(23)20-18(12-15)28-21(24-20)25(13-16-7-4-10-27-16)19(26)9-8-14-5-2-1-3-6-14/h1-3,5-6,8-9,11-12,16H,4,7,10,13H2/b9-8+. The van der Waals surface area contributed by atoms with E-state index in [1.807, 2.05) is 30.3 Å². The quantitative estimate of drug-likeness (QED) is 0.578. The van der Waals surface area contributed by atoms with Crippen molar-refractivity contribution in [1.82, 2.24) is 4.98 Å². The van der Waals surface area contributed by atoms with Crippen LogP contribution < -0.4 is 4.90 Å². The van der Waals surface area contributed by atoms with Crippen molar-refractivity contribution in [2.45, 2.75) is 18.9 Å². The molecule has 1 fully saturated rings. The van der Waals surface area contributed by atoms with Gasteiger partial charge < -0.3 is 4.74 Å². The van der Waals surface area contributed by atoms with Gasteiger partial charge in [0, 0.05) is 18.7 Å². The molecule has 28 heavy (non-hydrogen) atoms. The molecule has 4 nitrogen and oxygen atoms in total. The Morgan fingerprint density at radius 3 is 2.86 bits per heavy atom. The molecular weight excluding hydrogens is 382 g/mol. The molecular formula is C21H18F2N2O2S. The molecule has 1 aliphatic rings. The van der Waals surface area contributed by atoms with Gasteiger partial charge in [0.05, 0.1) is 17.3 Å². The van der Waals surface area contributed by atoms with E-state index in [1.165, 1.54) is 17.0 Å². The molecule has 0 aliphatic carbocycles. The summed E-state index contributed by atoms with van der Waals surface area (Å²) in [5.41, 5.74) is 0.962. The number of amides is 1. The number of benzene rings is 2. The number of aromatic nitrogens is 1. The van der Waals surface area contributed by atoms with Gasteiger partial charge in [-0.25, -0.2) is 13.8 Å². The summed E-state index contributed by atoms with van der Waals surface area (Å²) in [5.74, 6) is -1.68. The maximum atomic E-state index is 14.1. The summed E-state index contributed by atoms with van der Waals surface area (Å²) in [4.78, 5) is 18.7. The lowest BCUT2D eigenvalue weighted by Gasteiger charge is -2.21. The smallest absolute Gasteiger partial charge is 0.252 e. The van der Waals surface area contributed by atoms with Crippen molar-refractivity contribution in [3.8, 4) is 0 Å². The van der Waals surface area contributed by atoms with E-state index >= 15 is 0 Å². The minimum atomic E-state index is -0.734. The van der Waals surface area contributed by atoms with Gasteiger partial charge in [0.2, 0.25) is 0 Å². The third-order valence-corrected chi connectivity index (χ3v) is 5.55. The average molecular weight is 400 g/mol. The first-order chi connectivity index (χ1) is 13.6. The number of thiazole rings is 1. The highest BCUT2D eigenvalue weighted by molar-refractivity contribution is 7.22. The minimum Gasteiger partial charge on any atom is -0.376 e. The van der Waals surface area contributed by atoms with Crippen molar-refractivity contribution in [3.05, 3.63) is 65.7 Å². The number of rotatable bonds is 5. The molecule has 1 aromatic heterocycles. The van der Waals surface area contributed by atoms with Crippen molar-refractivity contribution < 1.29 is 18.3 Å². The van der Waals surface area contributed by atoms with Crippen LogP contribution in [0.2, 0.25) is 0 Å². The van der Waals surface area contributed by atoms with Crippen LogP contribution in [-0.2, 0) is 9.53 Å². The number of ether oxygens (including phenoxy) is 1. The molecule has 1 unspecified atom stereocenters. The van der Waals surface area contributed by atoms with E-state index < -0.39 is 11.6 Å². The first kappa shape index (κ1) is 18.7. The van der Waals surface area contributed by atoms with E-state index in [9.17, 15) is 13.6 Å². The molecule has 0 saturated carbocycles. The van der Waals surface area contributed by atoms with Crippen molar-refractivity contribution in [2.75, 3.05) is 18.1 Å². The molecule has 144 valence electrons. The van der Waals surface area contributed by atoms with Gasteiger partial charge in [-0.15, -0.1) is 0 Å². The maximum absolute atomic E-state index is 14.1. The molecule has 1 atom stereocenters. The normalized spacial score (nSPS) is 16.9. The van der Waals surface area contributed by atoms with Gasteiger partial charge >= 0.3 is 0 Å². The van der Waals surface area contributed by atoms with Gasteiger partial charge in [0.1, 0.15) is 11.3 Å². The summed E-state index contributed by atoms with van der Waals surface area (Å²) in [5, 5.41) is 0.331. The lowest BCUT2D eigenvalue weighted by molar-refractivity contribution is -0.114. The second-order valence-corrected chi connectivity index (χ2v) is 7.57. The number of fused-ring (bicyclic) bond motifs is 1. The Bertz CT molecular complexity index is 1010. The zero-order valence-electron chi connectivity index (χ0n) is 15.0. The molecule has 7 heteroatoms. The number of anilines is 1. The third kappa shape index (κ3) is 4.10. The van der Waals surface area contributed by atoms with Gasteiger partial charge in [0.15, 0.2) is 10.9 Å². The average Bonchev–Trinajstić information content (AvgIpc) is 3.34. The Hall–Kier alpha value is -2.64. The molecule has 2 aromatic carbocycles. The summed E-state index contributed by atoms with van der Waals surface area (Å²) < 4.78 is 33.6. The monoisotopic (exact) mass is 400 g/mol. The summed E-state index contributed by atoms with van der Waals surface area (Å²) >= 11 is 1.09. The number of carbonyl (C=O) groups excluding carboxylic acids is 1. The van der Waals surface area contributed by atoms with Gasteiger partial charge in [-0.05, 0) is 30.5 Å². The topological polar surface area (TPSA) is 42.4 Å². The summed E-state index contributed by atoms with van der Waals surface area (Å²) in [7, 11) is 0. The molecule has 0 radical (unpaired) electrons. The highest BCUT2D eigenvalue weighted by atomic mass is 32.1. The number of hydrogen-bond acceptors (Lipinski definition) is 4. The fraction of sp³-hybridized carbons (Fsp3) is 0.238. The number of carbonyl (C=O) groups is 1. The first-order valence-corrected chi connectivity index (χ1v) is 9.83. The first-order valence-electron chi connectivity index (χ1n) is 9.02. The van der Waals surface area contributed by atoms with E-state index in [1.54, 1.807) is 6.08 Å². The second kappa shape index (κ2) is 8.16. The van der Waals surface area contributed by atoms with E-state index in [0.29, 0.717) is 23.0 Å². The lowest BCUT2D eigenvalue weighted by atomic mass is 10.2.